The molecule has 1 aromatic rings. The molecule has 73 valence electrons. The normalized spacial score (nSPS) is 14.1. The minimum atomic E-state index is -0.274. The van der Waals surface area contributed by atoms with Gasteiger partial charge in [-0.25, -0.2) is 0 Å². The molecule has 3 nitrogen and oxygen atoms in total. The first kappa shape index (κ1) is 9.06. The maximum absolute atomic E-state index is 10.8. The molecule has 1 heterocycles. The van der Waals surface area contributed by atoms with Gasteiger partial charge in [0.05, 0.1) is 5.69 Å². The van der Waals surface area contributed by atoms with Crippen LogP contribution in [-0.4, -0.2) is 12.5 Å². The molecule has 14 heavy (non-hydrogen) atoms. The van der Waals surface area contributed by atoms with Gasteiger partial charge in [-0.2, -0.15) is 0 Å². The summed E-state index contributed by atoms with van der Waals surface area (Å²) in [6.07, 6.45) is 1.98. The zero-order valence-electron chi connectivity index (χ0n) is 8.12. The Morgan fingerprint density at radius 2 is 2.36 bits per heavy atom. The van der Waals surface area contributed by atoms with E-state index < -0.39 is 0 Å². The summed E-state index contributed by atoms with van der Waals surface area (Å²) < 4.78 is 5.11. The summed E-state index contributed by atoms with van der Waals surface area (Å²) in [5.74, 6) is 0.391. The van der Waals surface area contributed by atoms with Crippen molar-refractivity contribution >= 4 is 11.7 Å². The quantitative estimate of drug-likeness (QED) is 0.500. The van der Waals surface area contributed by atoms with Crippen molar-refractivity contribution in [3.05, 3.63) is 23.8 Å². The van der Waals surface area contributed by atoms with Crippen LogP contribution in [0.1, 0.15) is 18.9 Å². The highest BCUT2D eigenvalue weighted by molar-refractivity contribution is 5.71. The van der Waals surface area contributed by atoms with E-state index in [9.17, 15) is 4.79 Å². The number of rotatable bonds is 1. The summed E-state index contributed by atoms with van der Waals surface area (Å²) in [5, 5.41) is 4.37. The zero-order chi connectivity index (χ0) is 9.97. The van der Waals surface area contributed by atoms with Gasteiger partial charge < -0.3 is 4.74 Å². The van der Waals surface area contributed by atoms with Crippen LogP contribution >= 0.6 is 0 Å². The van der Waals surface area contributed by atoms with Crippen LogP contribution in [0.4, 0.5) is 5.69 Å². The molecule has 1 aliphatic rings. The number of nitrogens with zero attached hydrogens (tertiary/aromatic N) is 1. The molecule has 2 rings (SSSR count). The molecule has 0 atom stereocenters. The van der Waals surface area contributed by atoms with Gasteiger partial charge in [-0.15, -0.1) is 0 Å². The number of fused-ring (bicyclic) bond motifs is 1. The Kier molecular flexibility index (Phi) is 2.39. The van der Waals surface area contributed by atoms with Gasteiger partial charge in [0.15, 0.2) is 0 Å². The highest BCUT2D eigenvalue weighted by Gasteiger charge is 2.15. The molecule has 3 heteroatoms. The van der Waals surface area contributed by atoms with Crippen molar-refractivity contribution < 1.29 is 9.53 Å². The minimum absolute atomic E-state index is 0.274. The summed E-state index contributed by atoms with van der Waals surface area (Å²) in [4.78, 5) is 10.8. The topological polar surface area (TPSA) is 40.4 Å². The van der Waals surface area contributed by atoms with Gasteiger partial charge in [-0.05, 0) is 25.0 Å². The SMILES string of the molecule is CC(=O)Oc1cccc2c1CCC[N]2. The monoisotopic (exact) mass is 190 g/mol. The van der Waals surface area contributed by atoms with E-state index in [2.05, 4.69) is 5.32 Å². The summed E-state index contributed by atoms with van der Waals surface area (Å²) in [5.41, 5.74) is 2.03. The van der Waals surface area contributed by atoms with Crippen LogP contribution in [0.15, 0.2) is 18.2 Å². The largest absolute Gasteiger partial charge is 0.426 e. The molecular weight excluding hydrogens is 178 g/mol. The van der Waals surface area contributed by atoms with E-state index in [4.69, 9.17) is 4.74 Å². The summed E-state index contributed by atoms with van der Waals surface area (Å²) in [6.45, 7) is 2.29. The molecule has 0 bridgehead atoms. The number of hydrogen-bond donors (Lipinski definition) is 0. The Morgan fingerprint density at radius 3 is 3.14 bits per heavy atom. The van der Waals surface area contributed by atoms with Gasteiger partial charge in [-0.1, -0.05) is 6.07 Å². The Hall–Kier alpha value is -1.51. The van der Waals surface area contributed by atoms with Crippen molar-refractivity contribution in [2.45, 2.75) is 19.8 Å². The van der Waals surface area contributed by atoms with Crippen molar-refractivity contribution in [1.82, 2.24) is 5.32 Å². The lowest BCUT2D eigenvalue weighted by atomic mass is 10.0. The lowest BCUT2D eigenvalue weighted by Gasteiger charge is -2.17. The number of esters is 1. The van der Waals surface area contributed by atoms with Crippen molar-refractivity contribution in [1.29, 1.82) is 0 Å². The second kappa shape index (κ2) is 3.70. The number of carbonyl (C=O) groups excluding carboxylic acids is 1. The molecule has 0 spiro atoms. The fourth-order valence-electron chi connectivity index (χ4n) is 1.66. The summed E-state index contributed by atoms with van der Waals surface area (Å²) in [6, 6.07) is 5.65. The lowest BCUT2D eigenvalue weighted by molar-refractivity contribution is -0.131. The fraction of sp³-hybridized carbons (Fsp3) is 0.364. The van der Waals surface area contributed by atoms with Crippen molar-refractivity contribution in [2.75, 3.05) is 6.54 Å². The number of carbonyl (C=O) groups is 1. The molecule has 1 aliphatic heterocycles. The zero-order valence-corrected chi connectivity index (χ0v) is 8.12. The minimum Gasteiger partial charge on any atom is -0.426 e. The standard InChI is InChI=1S/C11H12NO2/c1-8(13)14-11-6-2-5-10-9(11)4-3-7-12-10/h2,5-6H,3-4,7H2,1H3. The molecule has 0 aliphatic carbocycles. The van der Waals surface area contributed by atoms with Crippen molar-refractivity contribution in [2.24, 2.45) is 0 Å². The number of hydrogen-bond acceptors (Lipinski definition) is 2. The van der Waals surface area contributed by atoms with E-state index in [1.807, 2.05) is 18.2 Å². The van der Waals surface area contributed by atoms with E-state index in [1.54, 1.807) is 0 Å². The average molecular weight is 190 g/mol. The van der Waals surface area contributed by atoms with E-state index >= 15 is 0 Å². The molecule has 0 saturated carbocycles. The summed E-state index contributed by atoms with van der Waals surface area (Å²) in [7, 11) is 0. The predicted molar refractivity (Wildman–Crippen MR) is 52.7 cm³/mol. The van der Waals surface area contributed by atoms with E-state index in [-0.39, 0.29) is 5.97 Å². The van der Waals surface area contributed by atoms with Crippen LogP contribution in [0.25, 0.3) is 0 Å². The molecule has 1 radical (unpaired) electrons. The predicted octanol–water partition coefficient (Wildman–Crippen LogP) is 1.79. The van der Waals surface area contributed by atoms with Gasteiger partial charge >= 0.3 is 5.97 Å². The lowest BCUT2D eigenvalue weighted by Crippen LogP contribution is -2.13. The van der Waals surface area contributed by atoms with Crippen LogP contribution in [0.5, 0.6) is 5.75 Å². The van der Waals surface area contributed by atoms with Crippen LogP contribution in [0.3, 0.4) is 0 Å². The molecule has 0 N–H and O–H groups in total. The molecule has 1 aromatic carbocycles. The maximum Gasteiger partial charge on any atom is 0.308 e. The second-order valence-corrected chi connectivity index (χ2v) is 3.33. The van der Waals surface area contributed by atoms with Crippen LogP contribution in [0, 0.1) is 0 Å². The van der Waals surface area contributed by atoms with Gasteiger partial charge in [0.1, 0.15) is 5.75 Å². The third-order valence-corrected chi connectivity index (χ3v) is 2.23. The Morgan fingerprint density at radius 1 is 1.50 bits per heavy atom. The Bertz CT molecular complexity index is 360. The molecule has 0 fully saturated rings. The van der Waals surface area contributed by atoms with E-state index in [1.165, 1.54) is 6.92 Å². The highest BCUT2D eigenvalue weighted by Crippen LogP contribution is 2.30. The van der Waals surface area contributed by atoms with Crippen LogP contribution < -0.4 is 10.1 Å². The first-order chi connectivity index (χ1) is 6.77. The first-order valence-corrected chi connectivity index (χ1v) is 4.75. The third kappa shape index (κ3) is 1.71. The van der Waals surface area contributed by atoms with Crippen LogP contribution in [-0.2, 0) is 11.2 Å². The van der Waals surface area contributed by atoms with Gasteiger partial charge in [0, 0.05) is 19.0 Å². The third-order valence-electron chi connectivity index (χ3n) is 2.23. The van der Waals surface area contributed by atoms with E-state index in [0.29, 0.717) is 5.75 Å². The van der Waals surface area contributed by atoms with Crippen molar-refractivity contribution in [3.8, 4) is 5.75 Å². The summed E-state index contributed by atoms with van der Waals surface area (Å²) >= 11 is 0. The maximum atomic E-state index is 10.8. The molecule has 0 aromatic heterocycles. The van der Waals surface area contributed by atoms with E-state index in [0.717, 1.165) is 30.6 Å². The van der Waals surface area contributed by atoms with Crippen LogP contribution in [0.2, 0.25) is 0 Å². The molecule has 0 amide bonds. The Balaban J connectivity index is 2.35. The fourth-order valence-corrected chi connectivity index (χ4v) is 1.66. The number of ether oxygens (including phenoxy) is 1. The second-order valence-electron chi connectivity index (χ2n) is 3.33. The highest BCUT2D eigenvalue weighted by atomic mass is 16.5. The average Bonchev–Trinajstić information content (AvgIpc) is 2.18. The Labute approximate surface area is 83.1 Å². The molecular formula is C11H12NO2. The molecule has 0 saturated heterocycles. The molecule has 0 unspecified atom stereocenters. The van der Waals surface area contributed by atoms with Gasteiger partial charge in [0.2, 0.25) is 0 Å². The van der Waals surface area contributed by atoms with Gasteiger partial charge in [0.25, 0.3) is 0 Å². The number of benzene rings is 1. The smallest absolute Gasteiger partial charge is 0.308 e. The first-order valence-electron chi connectivity index (χ1n) is 4.75. The van der Waals surface area contributed by atoms with Crippen molar-refractivity contribution in [3.63, 3.8) is 0 Å². The van der Waals surface area contributed by atoms with Gasteiger partial charge in [-0.3, -0.25) is 10.1 Å².